The number of para-hydroxylation sites is 2. The van der Waals surface area contributed by atoms with Crippen molar-refractivity contribution >= 4 is 11.0 Å². The maximum atomic E-state index is 11.2. The smallest absolute Gasteiger partial charge is 0.149 e. The van der Waals surface area contributed by atoms with Gasteiger partial charge in [0.25, 0.3) is 0 Å². The van der Waals surface area contributed by atoms with Crippen molar-refractivity contribution < 1.29 is 5.11 Å². The molecule has 4 nitrogen and oxygen atoms in total. The fourth-order valence-corrected chi connectivity index (χ4v) is 6.37. The fraction of sp³-hybridized carbons (Fsp3) is 0.333. The average molecular weight is 650 g/mol. The van der Waals surface area contributed by atoms with E-state index in [9.17, 15) is 5.11 Å². The first-order valence-electron chi connectivity index (χ1n) is 17.5. The van der Waals surface area contributed by atoms with Gasteiger partial charge in [-0.1, -0.05) is 113 Å². The molecule has 2 heterocycles. The van der Waals surface area contributed by atoms with Crippen molar-refractivity contribution in [1.82, 2.24) is 14.5 Å². The van der Waals surface area contributed by atoms with Crippen molar-refractivity contribution in [1.29, 1.82) is 0 Å². The van der Waals surface area contributed by atoms with Gasteiger partial charge in [0, 0.05) is 23.0 Å². The number of phenols is 1. The van der Waals surface area contributed by atoms with Gasteiger partial charge in [0.2, 0.25) is 0 Å². The van der Waals surface area contributed by atoms with Gasteiger partial charge in [0.05, 0.1) is 22.3 Å². The highest BCUT2D eigenvalue weighted by Gasteiger charge is 2.25. The third-order valence-corrected chi connectivity index (χ3v) is 9.59. The van der Waals surface area contributed by atoms with Gasteiger partial charge >= 0.3 is 0 Å². The molecule has 252 valence electrons. The molecular weight excluding hydrogens is 599 g/mol. The zero-order valence-electron chi connectivity index (χ0n) is 31.1. The summed E-state index contributed by atoms with van der Waals surface area (Å²) in [6, 6.07) is 32.1. The first kappa shape index (κ1) is 34.2. The minimum absolute atomic E-state index is 0.0582. The van der Waals surface area contributed by atoms with Gasteiger partial charge in [0.15, 0.2) is 0 Å². The summed E-state index contributed by atoms with van der Waals surface area (Å²) in [6.07, 6.45) is 1.92. The van der Waals surface area contributed by atoms with E-state index in [1.807, 2.05) is 24.4 Å². The monoisotopic (exact) mass is 649 g/mol. The number of phenolic OH excluding ortho intramolecular Hbond substituents is 1. The molecule has 0 bridgehead atoms. The van der Waals surface area contributed by atoms with Crippen LogP contribution in [0.5, 0.6) is 5.75 Å². The van der Waals surface area contributed by atoms with Crippen LogP contribution in [0.25, 0.3) is 50.5 Å². The summed E-state index contributed by atoms with van der Waals surface area (Å²) in [6.45, 7) is 24.8. The van der Waals surface area contributed by atoms with E-state index in [0.717, 1.165) is 39.1 Å². The Labute approximate surface area is 292 Å². The molecule has 2 aromatic heterocycles. The van der Waals surface area contributed by atoms with Gasteiger partial charge in [-0.25, -0.2) is 4.98 Å². The van der Waals surface area contributed by atoms with E-state index in [-0.39, 0.29) is 22.0 Å². The molecule has 4 aromatic carbocycles. The highest BCUT2D eigenvalue weighted by atomic mass is 16.3. The number of imidazole rings is 1. The molecule has 0 amide bonds. The van der Waals surface area contributed by atoms with E-state index >= 15 is 0 Å². The summed E-state index contributed by atoms with van der Waals surface area (Å²) < 4.78 is 2.24. The maximum absolute atomic E-state index is 11.2. The third kappa shape index (κ3) is 6.79. The molecule has 0 spiro atoms. The van der Waals surface area contributed by atoms with E-state index in [4.69, 9.17) is 9.97 Å². The Balaban J connectivity index is 1.68. The SMILES string of the molecule is CC(C)c1ccnc(-c2cc(-c3cccc4c3nc(-c3ccccc3O)n4-c3cc(C(C)(C)C)cc(C(C)(C)C)c3)cc(C(C)(C)C)c2)c1. The van der Waals surface area contributed by atoms with Crippen molar-refractivity contribution in [2.24, 2.45) is 0 Å². The summed E-state index contributed by atoms with van der Waals surface area (Å²) >= 11 is 0. The van der Waals surface area contributed by atoms with E-state index < -0.39 is 0 Å². The quantitative estimate of drug-likeness (QED) is 0.202. The zero-order chi connectivity index (χ0) is 35.5. The minimum Gasteiger partial charge on any atom is -0.507 e. The lowest BCUT2D eigenvalue weighted by atomic mass is 9.80. The highest BCUT2D eigenvalue weighted by molar-refractivity contribution is 5.96. The van der Waals surface area contributed by atoms with Crippen LogP contribution in [0.4, 0.5) is 0 Å². The van der Waals surface area contributed by atoms with Crippen molar-refractivity contribution in [3.8, 4) is 45.2 Å². The van der Waals surface area contributed by atoms with Crippen molar-refractivity contribution in [2.75, 3.05) is 0 Å². The molecule has 49 heavy (non-hydrogen) atoms. The third-order valence-electron chi connectivity index (χ3n) is 9.59. The van der Waals surface area contributed by atoms with Crippen LogP contribution in [0.15, 0.2) is 97.2 Å². The Kier molecular flexibility index (Phi) is 8.59. The van der Waals surface area contributed by atoms with Gasteiger partial charge in [-0.15, -0.1) is 0 Å². The first-order valence-corrected chi connectivity index (χ1v) is 17.5. The molecule has 4 heteroatoms. The lowest BCUT2D eigenvalue weighted by Gasteiger charge is -2.27. The zero-order valence-corrected chi connectivity index (χ0v) is 31.1. The summed E-state index contributed by atoms with van der Waals surface area (Å²) in [7, 11) is 0. The summed E-state index contributed by atoms with van der Waals surface area (Å²) in [5.41, 5.74) is 12.6. The number of benzene rings is 4. The molecule has 0 fully saturated rings. The van der Waals surface area contributed by atoms with E-state index in [0.29, 0.717) is 17.3 Å². The molecule has 0 saturated heterocycles. The van der Waals surface area contributed by atoms with E-state index in [1.54, 1.807) is 6.07 Å². The molecule has 0 saturated carbocycles. The van der Waals surface area contributed by atoms with Crippen LogP contribution in [-0.4, -0.2) is 19.6 Å². The lowest BCUT2D eigenvalue weighted by Crippen LogP contribution is -2.17. The topological polar surface area (TPSA) is 50.9 Å². The maximum Gasteiger partial charge on any atom is 0.149 e. The van der Waals surface area contributed by atoms with Gasteiger partial charge in [-0.2, -0.15) is 0 Å². The molecule has 0 aliphatic carbocycles. The molecule has 0 atom stereocenters. The number of rotatable bonds is 5. The van der Waals surface area contributed by atoms with Gasteiger partial charge in [-0.3, -0.25) is 9.55 Å². The molecule has 0 aliphatic rings. The molecule has 6 rings (SSSR count). The van der Waals surface area contributed by atoms with Crippen molar-refractivity contribution in [2.45, 2.75) is 98.3 Å². The second kappa shape index (κ2) is 12.3. The Morgan fingerprint density at radius 2 is 1.20 bits per heavy atom. The summed E-state index contributed by atoms with van der Waals surface area (Å²) in [5, 5.41) is 11.2. The normalized spacial score (nSPS) is 12.7. The van der Waals surface area contributed by atoms with Crippen LogP contribution in [0.3, 0.4) is 0 Å². The Morgan fingerprint density at radius 3 is 1.82 bits per heavy atom. The van der Waals surface area contributed by atoms with Crippen molar-refractivity contribution in [3.05, 3.63) is 119 Å². The molecule has 6 aromatic rings. The number of fused-ring (bicyclic) bond motifs is 1. The molecule has 0 unspecified atom stereocenters. The van der Waals surface area contributed by atoms with Crippen LogP contribution >= 0.6 is 0 Å². The predicted molar refractivity (Wildman–Crippen MR) is 207 cm³/mol. The van der Waals surface area contributed by atoms with E-state index in [1.165, 1.54) is 22.3 Å². The highest BCUT2D eigenvalue weighted by Crippen LogP contribution is 2.41. The number of pyridine rings is 1. The summed E-state index contributed by atoms with van der Waals surface area (Å²) in [4.78, 5) is 10.2. The number of nitrogens with zero attached hydrogens (tertiary/aromatic N) is 3. The summed E-state index contributed by atoms with van der Waals surface area (Å²) in [5.74, 6) is 1.33. The second-order valence-corrected chi connectivity index (χ2v) is 16.9. The lowest BCUT2D eigenvalue weighted by molar-refractivity contribution is 0.477. The largest absolute Gasteiger partial charge is 0.507 e. The molecule has 0 radical (unpaired) electrons. The van der Waals surface area contributed by atoms with E-state index in [2.05, 4.69) is 147 Å². The van der Waals surface area contributed by atoms with Gasteiger partial charge in [-0.05, 0) is 105 Å². The molecular formula is C45H51N3O. The van der Waals surface area contributed by atoms with Gasteiger partial charge in [0.1, 0.15) is 11.6 Å². The first-order chi connectivity index (χ1) is 22.9. The average Bonchev–Trinajstić information content (AvgIpc) is 3.43. The number of aromatic nitrogens is 3. The Morgan fingerprint density at radius 1 is 0.612 bits per heavy atom. The van der Waals surface area contributed by atoms with Crippen molar-refractivity contribution in [3.63, 3.8) is 0 Å². The standard InChI is InChI=1S/C45H51N3O/c1-28(2)29-19-20-46-38(24-29)31-21-30(22-32(23-31)43(3,4)5)36-16-14-17-39-41(36)47-42(37-15-12-13-18-40(37)49)48(39)35-26-33(44(6,7)8)25-34(27-35)45(9,10)11/h12-28,49H,1-11H3. The van der Waals surface area contributed by atoms with Crippen LogP contribution in [-0.2, 0) is 16.2 Å². The Bertz CT molecular complexity index is 2130. The van der Waals surface area contributed by atoms with Crippen LogP contribution in [0.2, 0.25) is 0 Å². The van der Waals surface area contributed by atoms with Crippen LogP contribution < -0.4 is 0 Å². The second-order valence-electron chi connectivity index (χ2n) is 16.9. The van der Waals surface area contributed by atoms with Crippen LogP contribution in [0, 0.1) is 0 Å². The minimum atomic E-state index is -0.0780. The number of hydrogen-bond acceptors (Lipinski definition) is 3. The predicted octanol–water partition coefficient (Wildman–Crippen LogP) is 12.1. The molecule has 0 aliphatic heterocycles. The fourth-order valence-electron chi connectivity index (χ4n) is 6.37. The Hall–Kier alpha value is -4.70. The molecule has 1 N–H and O–H groups in total. The number of hydrogen-bond donors (Lipinski definition) is 1. The van der Waals surface area contributed by atoms with Gasteiger partial charge < -0.3 is 5.11 Å². The number of aromatic hydroxyl groups is 1. The van der Waals surface area contributed by atoms with Crippen LogP contribution in [0.1, 0.15) is 104 Å².